The number of hydrogen-bond acceptors (Lipinski definition) is 5. The summed E-state index contributed by atoms with van der Waals surface area (Å²) in [7, 11) is 0. The first-order chi connectivity index (χ1) is 15.0. The molecule has 6 nitrogen and oxygen atoms in total. The lowest BCUT2D eigenvalue weighted by Gasteiger charge is -2.35. The Morgan fingerprint density at radius 2 is 1.39 bits per heavy atom. The van der Waals surface area contributed by atoms with Gasteiger partial charge in [0.2, 0.25) is 5.91 Å². The Labute approximate surface area is 182 Å². The summed E-state index contributed by atoms with van der Waals surface area (Å²) in [6, 6.07) is 14.9. The first-order valence-electron chi connectivity index (χ1n) is 10.2. The van der Waals surface area contributed by atoms with Crippen LogP contribution in [0.1, 0.15) is 28.4 Å². The average Bonchev–Trinajstić information content (AvgIpc) is 2.81. The number of piperazine rings is 1. The van der Waals surface area contributed by atoms with Gasteiger partial charge in [-0.2, -0.15) is 0 Å². The molecule has 2 aromatic carbocycles. The number of ketones is 2. The Morgan fingerprint density at radius 1 is 0.839 bits per heavy atom. The molecule has 1 N–H and O–H groups in total. The first kappa shape index (κ1) is 22.2. The lowest BCUT2D eigenvalue weighted by atomic mass is 10.1. The van der Waals surface area contributed by atoms with E-state index in [1.165, 1.54) is 6.08 Å². The maximum Gasteiger partial charge on any atom is 0.219 e. The Morgan fingerprint density at radius 3 is 1.90 bits per heavy atom. The second kappa shape index (κ2) is 10.5. The van der Waals surface area contributed by atoms with E-state index in [1.807, 2.05) is 53.4 Å². The standard InChI is InChI=1S/C25H26N2O4/c1-19(29)26-14-16-27(17-15-26)23-10-8-22(9-11-23)25(31)13-7-21-4-2-20(3-5-21)6-12-24(30)18-28/h2-13,28H,14-18H2,1H3/b12-6+,13-7+. The van der Waals surface area contributed by atoms with Crippen LogP contribution < -0.4 is 4.90 Å². The fourth-order valence-corrected chi connectivity index (χ4v) is 3.34. The minimum Gasteiger partial charge on any atom is -0.388 e. The monoisotopic (exact) mass is 418 g/mol. The molecule has 0 unspecified atom stereocenters. The van der Waals surface area contributed by atoms with Crippen LogP contribution in [0, 0.1) is 0 Å². The maximum atomic E-state index is 12.5. The number of hydrogen-bond donors (Lipinski definition) is 1. The maximum absolute atomic E-state index is 12.5. The molecule has 160 valence electrons. The van der Waals surface area contributed by atoms with Gasteiger partial charge in [0.05, 0.1) is 0 Å². The lowest BCUT2D eigenvalue weighted by molar-refractivity contribution is -0.129. The molecule has 31 heavy (non-hydrogen) atoms. The summed E-state index contributed by atoms with van der Waals surface area (Å²) >= 11 is 0. The number of benzene rings is 2. The van der Waals surface area contributed by atoms with Crippen LogP contribution in [0.15, 0.2) is 60.7 Å². The molecule has 0 spiro atoms. The van der Waals surface area contributed by atoms with Crippen molar-refractivity contribution in [3.63, 3.8) is 0 Å². The largest absolute Gasteiger partial charge is 0.388 e. The molecule has 0 aromatic heterocycles. The van der Waals surface area contributed by atoms with Crippen molar-refractivity contribution in [2.24, 2.45) is 0 Å². The highest BCUT2D eigenvalue weighted by molar-refractivity contribution is 6.07. The highest BCUT2D eigenvalue weighted by atomic mass is 16.3. The van der Waals surface area contributed by atoms with Gasteiger partial charge in [-0.15, -0.1) is 0 Å². The number of rotatable bonds is 7. The number of aliphatic hydroxyl groups is 1. The van der Waals surface area contributed by atoms with Crippen LogP contribution >= 0.6 is 0 Å². The number of nitrogens with zero attached hydrogens (tertiary/aromatic N) is 2. The summed E-state index contributed by atoms with van der Waals surface area (Å²) in [5.74, 6) is -0.320. The Kier molecular flexibility index (Phi) is 7.51. The molecule has 1 aliphatic rings. The van der Waals surface area contributed by atoms with E-state index in [-0.39, 0.29) is 17.5 Å². The number of allylic oxidation sites excluding steroid dienone is 1. The van der Waals surface area contributed by atoms with E-state index in [0.29, 0.717) is 18.7 Å². The van der Waals surface area contributed by atoms with Gasteiger partial charge in [-0.1, -0.05) is 36.4 Å². The van der Waals surface area contributed by atoms with Crippen molar-refractivity contribution in [3.05, 3.63) is 77.4 Å². The van der Waals surface area contributed by atoms with Gasteiger partial charge in [0.25, 0.3) is 0 Å². The fraction of sp³-hybridized carbons (Fsp3) is 0.240. The zero-order chi connectivity index (χ0) is 22.2. The van der Waals surface area contributed by atoms with Crippen molar-refractivity contribution in [3.8, 4) is 0 Å². The molecule has 1 saturated heterocycles. The van der Waals surface area contributed by atoms with Gasteiger partial charge in [-0.05, 0) is 47.5 Å². The van der Waals surface area contributed by atoms with E-state index in [0.717, 1.165) is 29.9 Å². The minimum absolute atomic E-state index is 0.0783. The molecule has 1 aliphatic heterocycles. The number of carbonyl (C=O) groups excluding carboxylic acids is 3. The lowest BCUT2D eigenvalue weighted by Crippen LogP contribution is -2.48. The van der Waals surface area contributed by atoms with Crippen molar-refractivity contribution in [2.45, 2.75) is 6.92 Å². The third-order valence-electron chi connectivity index (χ3n) is 5.22. The van der Waals surface area contributed by atoms with Crippen molar-refractivity contribution in [1.29, 1.82) is 0 Å². The number of carbonyl (C=O) groups is 3. The molecule has 0 atom stereocenters. The van der Waals surface area contributed by atoms with Gasteiger partial charge in [0, 0.05) is 44.4 Å². The quantitative estimate of drug-likeness (QED) is 0.553. The van der Waals surface area contributed by atoms with Gasteiger partial charge in [-0.3, -0.25) is 14.4 Å². The van der Waals surface area contributed by atoms with Crippen LogP contribution in [0.25, 0.3) is 12.2 Å². The van der Waals surface area contributed by atoms with Crippen molar-refractivity contribution in [1.82, 2.24) is 4.90 Å². The zero-order valence-corrected chi connectivity index (χ0v) is 17.5. The van der Waals surface area contributed by atoms with E-state index in [9.17, 15) is 14.4 Å². The van der Waals surface area contributed by atoms with Crippen LogP contribution in [0.2, 0.25) is 0 Å². The predicted molar refractivity (Wildman–Crippen MR) is 122 cm³/mol. The summed E-state index contributed by atoms with van der Waals surface area (Å²) in [6.45, 7) is 4.09. The number of anilines is 1. The Balaban J connectivity index is 1.57. The third-order valence-corrected chi connectivity index (χ3v) is 5.22. The van der Waals surface area contributed by atoms with Crippen molar-refractivity contribution in [2.75, 3.05) is 37.7 Å². The fourth-order valence-electron chi connectivity index (χ4n) is 3.34. The summed E-state index contributed by atoms with van der Waals surface area (Å²) < 4.78 is 0. The van der Waals surface area contributed by atoms with Crippen LogP contribution in [-0.2, 0) is 9.59 Å². The molecule has 1 fully saturated rings. The normalized spacial score (nSPS) is 14.4. The molecule has 2 aromatic rings. The molecule has 3 rings (SSSR count). The summed E-state index contributed by atoms with van der Waals surface area (Å²) in [5.41, 5.74) is 3.38. The molecular formula is C25H26N2O4. The zero-order valence-electron chi connectivity index (χ0n) is 17.5. The summed E-state index contributed by atoms with van der Waals surface area (Å²) in [6.07, 6.45) is 6.27. The molecule has 0 saturated carbocycles. The molecule has 6 heteroatoms. The number of amides is 1. The molecular weight excluding hydrogens is 392 g/mol. The Hall–Kier alpha value is -3.51. The van der Waals surface area contributed by atoms with Gasteiger partial charge in [0.1, 0.15) is 6.61 Å². The molecule has 0 radical (unpaired) electrons. The van der Waals surface area contributed by atoms with Gasteiger partial charge >= 0.3 is 0 Å². The third kappa shape index (κ3) is 6.23. The summed E-state index contributed by atoms with van der Waals surface area (Å²) in [5, 5.41) is 8.72. The predicted octanol–water partition coefficient (Wildman–Crippen LogP) is 2.83. The molecule has 1 heterocycles. The van der Waals surface area contributed by atoms with Crippen molar-refractivity contribution < 1.29 is 19.5 Å². The van der Waals surface area contributed by atoms with Crippen molar-refractivity contribution >= 4 is 35.3 Å². The molecule has 1 amide bonds. The van der Waals surface area contributed by atoms with E-state index >= 15 is 0 Å². The van der Waals surface area contributed by atoms with Crippen LogP contribution in [-0.4, -0.2) is 60.3 Å². The van der Waals surface area contributed by atoms with Gasteiger partial charge in [-0.25, -0.2) is 0 Å². The Bertz CT molecular complexity index is 983. The highest BCUT2D eigenvalue weighted by Gasteiger charge is 2.18. The first-order valence-corrected chi connectivity index (χ1v) is 10.2. The smallest absolute Gasteiger partial charge is 0.219 e. The van der Waals surface area contributed by atoms with E-state index in [2.05, 4.69) is 4.90 Å². The van der Waals surface area contributed by atoms with E-state index in [1.54, 1.807) is 25.2 Å². The van der Waals surface area contributed by atoms with Gasteiger partial charge in [0.15, 0.2) is 11.6 Å². The van der Waals surface area contributed by atoms with Gasteiger partial charge < -0.3 is 14.9 Å². The van der Waals surface area contributed by atoms with Crippen LogP contribution in [0.4, 0.5) is 5.69 Å². The second-order valence-electron chi connectivity index (χ2n) is 7.36. The van der Waals surface area contributed by atoms with E-state index in [4.69, 9.17) is 5.11 Å². The molecule has 0 bridgehead atoms. The molecule has 0 aliphatic carbocycles. The second-order valence-corrected chi connectivity index (χ2v) is 7.36. The van der Waals surface area contributed by atoms with Crippen LogP contribution in [0.3, 0.4) is 0 Å². The average molecular weight is 418 g/mol. The topological polar surface area (TPSA) is 77.9 Å². The minimum atomic E-state index is -0.503. The van der Waals surface area contributed by atoms with E-state index < -0.39 is 6.61 Å². The summed E-state index contributed by atoms with van der Waals surface area (Å²) in [4.78, 5) is 39.1. The highest BCUT2D eigenvalue weighted by Crippen LogP contribution is 2.18. The number of aliphatic hydroxyl groups excluding tert-OH is 1. The SMILES string of the molecule is CC(=O)N1CCN(c2ccc(C(=O)/C=C/c3ccc(/C=C/C(=O)CO)cc3)cc2)CC1. The van der Waals surface area contributed by atoms with Crippen LogP contribution in [0.5, 0.6) is 0 Å².